The second-order valence-corrected chi connectivity index (χ2v) is 7.53. The predicted molar refractivity (Wildman–Crippen MR) is 108 cm³/mol. The van der Waals surface area contributed by atoms with Gasteiger partial charge in [0.05, 0.1) is 18.4 Å². The van der Waals surface area contributed by atoms with Gasteiger partial charge in [0.1, 0.15) is 5.82 Å². The maximum atomic E-state index is 13.1. The molecule has 1 fully saturated rings. The van der Waals surface area contributed by atoms with Crippen LogP contribution in [-0.2, 0) is 6.54 Å². The number of carbonyl (C=O) groups excluding carboxylic acids is 1. The first-order valence-electron chi connectivity index (χ1n) is 10.1. The molecule has 1 aromatic carbocycles. The van der Waals surface area contributed by atoms with Gasteiger partial charge in [-0.05, 0) is 69.1 Å². The molecule has 2 heterocycles. The molecule has 28 heavy (non-hydrogen) atoms. The zero-order valence-electron chi connectivity index (χ0n) is 16.7. The number of nitrogens with zero attached hydrogens (tertiary/aromatic N) is 3. The molecule has 1 aliphatic rings. The van der Waals surface area contributed by atoms with Crippen LogP contribution in [0, 0.1) is 11.7 Å². The van der Waals surface area contributed by atoms with Crippen LogP contribution in [-0.4, -0.2) is 59.3 Å². The van der Waals surface area contributed by atoms with Crippen molar-refractivity contribution in [3.63, 3.8) is 0 Å². The molecule has 1 aliphatic heterocycles. The lowest BCUT2D eigenvalue weighted by Gasteiger charge is -2.31. The van der Waals surface area contributed by atoms with E-state index < -0.39 is 0 Å². The Morgan fingerprint density at radius 2 is 2.04 bits per heavy atom. The summed E-state index contributed by atoms with van der Waals surface area (Å²) < 4.78 is 13.1. The average molecular weight is 388 g/mol. The Morgan fingerprint density at radius 3 is 2.71 bits per heavy atom. The summed E-state index contributed by atoms with van der Waals surface area (Å²) in [5.41, 5.74) is 2.56. The molecular formula is C21H30FN5O. The molecule has 1 aromatic heterocycles. The monoisotopic (exact) mass is 387 g/mol. The number of carbonyl (C=O) groups is 1. The fraction of sp³-hybridized carbons (Fsp3) is 0.524. The second-order valence-electron chi connectivity index (χ2n) is 7.53. The van der Waals surface area contributed by atoms with E-state index in [9.17, 15) is 9.18 Å². The molecule has 2 N–H and O–H groups in total. The highest BCUT2D eigenvalue weighted by Gasteiger charge is 2.19. The summed E-state index contributed by atoms with van der Waals surface area (Å²) in [6, 6.07) is 6.16. The average Bonchev–Trinajstić information content (AvgIpc) is 3.17. The lowest BCUT2D eigenvalue weighted by molar-refractivity contribution is 0.183. The molecule has 0 bridgehead atoms. The van der Waals surface area contributed by atoms with E-state index in [-0.39, 0.29) is 11.8 Å². The van der Waals surface area contributed by atoms with Crippen LogP contribution in [0.15, 0.2) is 30.5 Å². The Labute approximate surface area is 166 Å². The zero-order valence-corrected chi connectivity index (χ0v) is 16.7. The molecule has 0 aliphatic carbocycles. The lowest BCUT2D eigenvalue weighted by Crippen LogP contribution is -2.39. The number of hydrogen-bond donors (Lipinski definition) is 2. The quantitative estimate of drug-likeness (QED) is 0.765. The topological polar surface area (TPSA) is 64.3 Å². The molecule has 0 spiro atoms. The number of urea groups is 1. The minimum Gasteiger partial charge on any atom is -0.338 e. The number of aromatic amines is 1. The van der Waals surface area contributed by atoms with Crippen LogP contribution in [0.2, 0.25) is 0 Å². The van der Waals surface area contributed by atoms with Crippen LogP contribution in [0.5, 0.6) is 0 Å². The molecular weight excluding hydrogens is 357 g/mol. The van der Waals surface area contributed by atoms with Gasteiger partial charge in [-0.15, -0.1) is 0 Å². The molecule has 7 heteroatoms. The van der Waals surface area contributed by atoms with E-state index in [1.54, 1.807) is 30.3 Å². The molecule has 0 unspecified atom stereocenters. The van der Waals surface area contributed by atoms with E-state index in [2.05, 4.69) is 27.3 Å². The van der Waals surface area contributed by atoms with E-state index in [1.807, 2.05) is 0 Å². The fourth-order valence-corrected chi connectivity index (χ4v) is 3.73. The highest BCUT2D eigenvalue weighted by atomic mass is 19.1. The summed E-state index contributed by atoms with van der Waals surface area (Å²) in [6.45, 7) is 6.81. The number of halogens is 1. The van der Waals surface area contributed by atoms with Crippen LogP contribution in [0.25, 0.3) is 11.3 Å². The van der Waals surface area contributed by atoms with Crippen molar-refractivity contribution in [2.75, 3.05) is 33.2 Å². The minimum absolute atomic E-state index is 0.0859. The molecule has 152 valence electrons. The number of amides is 2. The van der Waals surface area contributed by atoms with Crippen LogP contribution in [0.1, 0.15) is 31.7 Å². The number of rotatable bonds is 7. The van der Waals surface area contributed by atoms with Crippen molar-refractivity contribution < 1.29 is 9.18 Å². The highest BCUT2D eigenvalue weighted by molar-refractivity contribution is 5.74. The molecule has 6 nitrogen and oxygen atoms in total. The van der Waals surface area contributed by atoms with Crippen molar-refractivity contribution in [3.8, 4) is 11.3 Å². The molecule has 1 saturated heterocycles. The van der Waals surface area contributed by atoms with Gasteiger partial charge in [0.15, 0.2) is 0 Å². The van der Waals surface area contributed by atoms with Crippen molar-refractivity contribution in [3.05, 3.63) is 41.8 Å². The summed E-state index contributed by atoms with van der Waals surface area (Å²) in [5, 5.41) is 10.1. The summed E-state index contributed by atoms with van der Waals surface area (Å²) in [4.78, 5) is 16.6. The first-order valence-corrected chi connectivity index (χ1v) is 10.1. The van der Waals surface area contributed by atoms with Gasteiger partial charge in [-0.3, -0.25) is 5.10 Å². The third-order valence-corrected chi connectivity index (χ3v) is 5.59. The number of H-pyrrole nitrogens is 1. The minimum atomic E-state index is -0.276. The van der Waals surface area contributed by atoms with Gasteiger partial charge < -0.3 is 15.1 Å². The smallest absolute Gasteiger partial charge is 0.317 e. The van der Waals surface area contributed by atoms with E-state index in [0.29, 0.717) is 19.0 Å². The van der Waals surface area contributed by atoms with Crippen molar-refractivity contribution in [1.82, 2.24) is 25.3 Å². The van der Waals surface area contributed by atoms with Crippen molar-refractivity contribution in [1.29, 1.82) is 0 Å². The fourth-order valence-electron chi connectivity index (χ4n) is 3.73. The lowest BCUT2D eigenvalue weighted by atomic mass is 9.93. The normalized spacial score (nSPS) is 15.5. The van der Waals surface area contributed by atoms with Gasteiger partial charge in [0.2, 0.25) is 0 Å². The van der Waals surface area contributed by atoms with E-state index in [0.717, 1.165) is 29.8 Å². The van der Waals surface area contributed by atoms with Gasteiger partial charge in [-0.25, -0.2) is 9.18 Å². The largest absolute Gasteiger partial charge is 0.338 e. The molecule has 2 aromatic rings. The standard InChI is InChI=1S/C21H30FN5O/c1-3-27-12-9-16(10-13-27)8-11-23-21(28)26(2)15-18-14-24-25-20(18)17-4-6-19(22)7-5-17/h4-7,14,16H,3,8-13,15H2,1-2H3,(H,23,28)(H,24,25). The Kier molecular flexibility index (Phi) is 7.03. The number of nitrogens with one attached hydrogen (secondary N) is 2. The summed E-state index contributed by atoms with van der Waals surface area (Å²) in [6.07, 6.45) is 5.18. The Bertz CT molecular complexity index is 752. The van der Waals surface area contributed by atoms with Gasteiger partial charge in [0.25, 0.3) is 0 Å². The molecule has 0 radical (unpaired) electrons. The maximum Gasteiger partial charge on any atom is 0.317 e. The maximum absolute atomic E-state index is 13.1. The van der Waals surface area contributed by atoms with Crippen LogP contribution in [0.3, 0.4) is 0 Å². The van der Waals surface area contributed by atoms with Crippen molar-refractivity contribution >= 4 is 6.03 Å². The number of hydrogen-bond acceptors (Lipinski definition) is 3. The number of benzene rings is 1. The third kappa shape index (κ3) is 5.32. The number of piperidine rings is 1. The first-order chi connectivity index (χ1) is 13.6. The first kappa shape index (κ1) is 20.3. The summed E-state index contributed by atoms with van der Waals surface area (Å²) in [7, 11) is 1.77. The van der Waals surface area contributed by atoms with Crippen molar-refractivity contribution in [2.24, 2.45) is 5.92 Å². The van der Waals surface area contributed by atoms with Crippen LogP contribution in [0.4, 0.5) is 9.18 Å². The van der Waals surface area contributed by atoms with Gasteiger partial charge in [-0.1, -0.05) is 6.92 Å². The number of aromatic nitrogens is 2. The Morgan fingerprint density at radius 1 is 1.32 bits per heavy atom. The van der Waals surface area contributed by atoms with E-state index in [1.165, 1.54) is 38.1 Å². The predicted octanol–water partition coefficient (Wildman–Crippen LogP) is 3.48. The summed E-state index contributed by atoms with van der Waals surface area (Å²) >= 11 is 0. The Balaban J connectivity index is 1.46. The summed E-state index contributed by atoms with van der Waals surface area (Å²) in [5.74, 6) is 0.425. The van der Waals surface area contributed by atoms with Crippen LogP contribution < -0.4 is 5.32 Å². The van der Waals surface area contributed by atoms with Crippen molar-refractivity contribution in [2.45, 2.75) is 32.7 Å². The van der Waals surface area contributed by atoms with E-state index >= 15 is 0 Å². The highest BCUT2D eigenvalue weighted by Crippen LogP contribution is 2.22. The third-order valence-electron chi connectivity index (χ3n) is 5.59. The SMILES string of the molecule is CCN1CCC(CCNC(=O)N(C)Cc2cn[nH]c2-c2ccc(F)cc2)CC1. The number of likely N-dealkylation sites (tertiary alicyclic amines) is 1. The van der Waals surface area contributed by atoms with Gasteiger partial charge >= 0.3 is 6.03 Å². The zero-order chi connectivity index (χ0) is 19.9. The molecule has 2 amide bonds. The molecule has 0 saturated carbocycles. The molecule has 3 rings (SSSR count). The Hall–Kier alpha value is -2.41. The van der Waals surface area contributed by atoms with Gasteiger partial charge in [0, 0.05) is 24.7 Å². The van der Waals surface area contributed by atoms with E-state index in [4.69, 9.17) is 0 Å². The second kappa shape index (κ2) is 9.68. The molecule has 0 atom stereocenters. The van der Waals surface area contributed by atoms with Gasteiger partial charge in [-0.2, -0.15) is 5.10 Å². The van der Waals surface area contributed by atoms with Crippen LogP contribution >= 0.6 is 0 Å².